The van der Waals surface area contributed by atoms with E-state index in [0.717, 1.165) is 28.1 Å². The zero-order valence-corrected chi connectivity index (χ0v) is 9.41. The molecule has 0 saturated heterocycles. The summed E-state index contributed by atoms with van der Waals surface area (Å²) in [5.41, 5.74) is 7.62. The number of thioether (sulfide) groups is 1. The van der Waals surface area contributed by atoms with E-state index in [1.807, 2.05) is 11.8 Å². The molecule has 0 unspecified atom stereocenters. The van der Waals surface area contributed by atoms with E-state index in [9.17, 15) is 0 Å². The third kappa shape index (κ3) is 1.22. The first kappa shape index (κ1) is 9.01. The van der Waals surface area contributed by atoms with Crippen LogP contribution < -0.4 is 5.73 Å². The zero-order valence-electron chi connectivity index (χ0n) is 7.78. The maximum absolute atomic E-state index is 8.88. The lowest BCUT2D eigenvalue weighted by Gasteiger charge is -1.97. The van der Waals surface area contributed by atoms with Gasteiger partial charge in [-0.25, -0.2) is 4.98 Å². The Morgan fingerprint density at radius 1 is 1.53 bits per heavy atom. The number of nitrogen functional groups attached to an aromatic ring is 1. The quantitative estimate of drug-likeness (QED) is 0.759. The van der Waals surface area contributed by atoms with E-state index < -0.39 is 0 Å². The number of nitriles is 1. The molecule has 1 aliphatic rings. The number of anilines is 1. The molecule has 0 aromatic carbocycles. The lowest BCUT2D eigenvalue weighted by molar-refractivity contribution is 1.06. The Morgan fingerprint density at radius 2 is 2.40 bits per heavy atom. The highest BCUT2D eigenvalue weighted by Gasteiger charge is 2.17. The number of hydrogen-bond acceptors (Lipinski definition) is 5. The molecule has 0 radical (unpaired) electrons. The Hall–Kier alpha value is -1.25. The number of hydrogen-bond donors (Lipinski definition) is 1. The molecule has 2 N–H and O–H groups in total. The average molecular weight is 233 g/mol. The van der Waals surface area contributed by atoms with E-state index in [4.69, 9.17) is 11.0 Å². The minimum Gasteiger partial charge on any atom is -0.396 e. The molecular weight excluding hydrogens is 226 g/mol. The van der Waals surface area contributed by atoms with Crippen LogP contribution in [0.5, 0.6) is 0 Å². The summed E-state index contributed by atoms with van der Waals surface area (Å²) in [7, 11) is 0. The van der Waals surface area contributed by atoms with Crippen molar-refractivity contribution in [3.8, 4) is 6.07 Å². The number of fused-ring (bicyclic) bond motifs is 2. The van der Waals surface area contributed by atoms with Crippen molar-refractivity contribution in [2.45, 2.75) is 11.3 Å². The smallest absolute Gasteiger partial charge is 0.130 e. The van der Waals surface area contributed by atoms with Crippen LogP contribution >= 0.6 is 23.1 Å². The summed E-state index contributed by atoms with van der Waals surface area (Å²) in [6.45, 7) is 0. The SMILES string of the molecule is N#Cc1sc2nc3c(cc2c1N)SCC3. The second-order valence-corrected chi connectivity index (χ2v) is 5.48. The molecule has 5 heteroatoms. The van der Waals surface area contributed by atoms with E-state index in [1.165, 1.54) is 16.2 Å². The standard InChI is InChI=1S/C10H7N3S2/c11-4-8-9(12)5-3-7-6(1-2-14-7)13-10(5)15-8/h3H,1-2,12H2. The number of nitrogens with two attached hydrogens (primary N) is 1. The van der Waals surface area contributed by atoms with Gasteiger partial charge in [-0.3, -0.25) is 0 Å². The van der Waals surface area contributed by atoms with Gasteiger partial charge < -0.3 is 5.73 Å². The van der Waals surface area contributed by atoms with Crippen molar-refractivity contribution in [1.29, 1.82) is 5.26 Å². The lowest BCUT2D eigenvalue weighted by atomic mass is 10.2. The zero-order chi connectivity index (χ0) is 10.4. The summed E-state index contributed by atoms with van der Waals surface area (Å²) >= 11 is 3.20. The number of nitrogens with zero attached hydrogens (tertiary/aromatic N) is 2. The molecule has 2 aromatic rings. The van der Waals surface area contributed by atoms with Crippen LogP contribution in [0.4, 0.5) is 5.69 Å². The normalized spacial score (nSPS) is 14.1. The van der Waals surface area contributed by atoms with Gasteiger partial charge in [0.2, 0.25) is 0 Å². The van der Waals surface area contributed by atoms with Crippen LogP contribution in [0.2, 0.25) is 0 Å². The Kier molecular flexibility index (Phi) is 1.87. The fraction of sp³-hybridized carbons (Fsp3) is 0.200. The highest BCUT2D eigenvalue weighted by Crippen LogP contribution is 2.38. The first-order valence-electron chi connectivity index (χ1n) is 4.54. The summed E-state index contributed by atoms with van der Waals surface area (Å²) in [5, 5.41) is 9.81. The molecule has 0 spiro atoms. The second-order valence-electron chi connectivity index (χ2n) is 3.34. The summed E-state index contributed by atoms with van der Waals surface area (Å²) in [6, 6.07) is 4.18. The van der Waals surface area contributed by atoms with Crippen molar-refractivity contribution in [2.24, 2.45) is 0 Å². The van der Waals surface area contributed by atoms with Gasteiger partial charge >= 0.3 is 0 Å². The molecule has 74 valence electrons. The number of aromatic nitrogens is 1. The molecule has 3 nitrogen and oxygen atoms in total. The first-order valence-corrected chi connectivity index (χ1v) is 6.34. The number of rotatable bonds is 0. The van der Waals surface area contributed by atoms with Crippen molar-refractivity contribution < 1.29 is 0 Å². The lowest BCUT2D eigenvalue weighted by Crippen LogP contribution is -1.88. The van der Waals surface area contributed by atoms with E-state index in [1.54, 1.807) is 0 Å². The van der Waals surface area contributed by atoms with Gasteiger partial charge in [0.25, 0.3) is 0 Å². The van der Waals surface area contributed by atoms with Crippen LogP contribution in [-0.4, -0.2) is 10.7 Å². The first-order chi connectivity index (χ1) is 7.29. The number of aryl methyl sites for hydroxylation is 1. The predicted molar refractivity (Wildman–Crippen MR) is 63.2 cm³/mol. The van der Waals surface area contributed by atoms with Crippen molar-refractivity contribution in [3.63, 3.8) is 0 Å². The molecular formula is C10H7N3S2. The molecule has 0 amide bonds. The Morgan fingerprint density at radius 3 is 3.20 bits per heavy atom. The molecule has 0 atom stereocenters. The van der Waals surface area contributed by atoms with Crippen LogP contribution in [0.25, 0.3) is 10.2 Å². The highest BCUT2D eigenvalue weighted by molar-refractivity contribution is 7.99. The van der Waals surface area contributed by atoms with Crippen LogP contribution in [0, 0.1) is 11.3 Å². The Balaban J connectivity index is 2.37. The highest BCUT2D eigenvalue weighted by atomic mass is 32.2. The monoisotopic (exact) mass is 233 g/mol. The van der Waals surface area contributed by atoms with Gasteiger partial charge in [-0.2, -0.15) is 5.26 Å². The summed E-state index contributed by atoms with van der Waals surface area (Å²) in [5.74, 6) is 1.10. The maximum Gasteiger partial charge on any atom is 0.130 e. The van der Waals surface area contributed by atoms with Gasteiger partial charge in [-0.1, -0.05) is 0 Å². The molecule has 1 aliphatic heterocycles. The molecule has 0 saturated carbocycles. The fourth-order valence-corrected chi connectivity index (χ4v) is 3.63. The summed E-state index contributed by atoms with van der Waals surface area (Å²) in [6.07, 6.45) is 1.02. The third-order valence-corrected chi connectivity index (χ3v) is 4.55. The minimum absolute atomic E-state index is 0.575. The van der Waals surface area contributed by atoms with E-state index >= 15 is 0 Å². The van der Waals surface area contributed by atoms with Gasteiger partial charge in [-0.05, 0) is 6.07 Å². The fourth-order valence-electron chi connectivity index (χ4n) is 1.70. The van der Waals surface area contributed by atoms with Crippen LogP contribution in [0.1, 0.15) is 10.6 Å². The Bertz CT molecular complexity index is 595. The molecule has 0 fully saturated rings. The van der Waals surface area contributed by atoms with Gasteiger partial charge in [0.15, 0.2) is 0 Å². The summed E-state index contributed by atoms with van der Waals surface area (Å²) in [4.78, 5) is 7.24. The van der Waals surface area contributed by atoms with Crippen LogP contribution in [-0.2, 0) is 6.42 Å². The molecule has 0 aliphatic carbocycles. The van der Waals surface area contributed by atoms with Crippen molar-refractivity contribution >= 4 is 39.0 Å². The van der Waals surface area contributed by atoms with Crippen molar-refractivity contribution in [2.75, 3.05) is 11.5 Å². The van der Waals surface area contributed by atoms with Crippen LogP contribution in [0.15, 0.2) is 11.0 Å². The summed E-state index contributed by atoms with van der Waals surface area (Å²) < 4.78 is 0. The average Bonchev–Trinajstić information content (AvgIpc) is 2.80. The van der Waals surface area contributed by atoms with Crippen LogP contribution in [0.3, 0.4) is 0 Å². The maximum atomic E-state index is 8.88. The van der Waals surface area contributed by atoms with Gasteiger partial charge in [0.1, 0.15) is 15.8 Å². The van der Waals surface area contributed by atoms with Gasteiger partial charge in [0.05, 0.1) is 11.4 Å². The minimum atomic E-state index is 0.575. The number of pyridine rings is 1. The molecule has 3 heterocycles. The largest absolute Gasteiger partial charge is 0.396 e. The van der Waals surface area contributed by atoms with E-state index in [2.05, 4.69) is 17.1 Å². The second kappa shape index (κ2) is 3.12. The molecule has 3 rings (SSSR count). The third-order valence-electron chi connectivity index (χ3n) is 2.46. The molecule has 15 heavy (non-hydrogen) atoms. The van der Waals surface area contributed by atoms with E-state index in [-0.39, 0.29) is 0 Å². The predicted octanol–water partition coefficient (Wildman–Crippen LogP) is 2.40. The Labute approximate surface area is 94.9 Å². The van der Waals surface area contributed by atoms with Crippen molar-refractivity contribution in [3.05, 3.63) is 16.6 Å². The van der Waals surface area contributed by atoms with Gasteiger partial charge in [0, 0.05) is 22.5 Å². The van der Waals surface area contributed by atoms with E-state index in [0.29, 0.717) is 10.6 Å². The molecule has 2 aromatic heterocycles. The molecule has 0 bridgehead atoms. The van der Waals surface area contributed by atoms with Gasteiger partial charge in [-0.15, -0.1) is 23.1 Å². The van der Waals surface area contributed by atoms with Crippen molar-refractivity contribution in [1.82, 2.24) is 4.98 Å². The topological polar surface area (TPSA) is 62.7 Å². The number of thiophene rings is 1.